The highest BCUT2D eigenvalue weighted by Gasteiger charge is 2.31. The van der Waals surface area contributed by atoms with Gasteiger partial charge < -0.3 is 4.90 Å². The summed E-state index contributed by atoms with van der Waals surface area (Å²) in [5, 5.41) is 8.25. The summed E-state index contributed by atoms with van der Waals surface area (Å²) in [5.41, 5.74) is 2.41. The maximum atomic E-state index is 8.25. The number of hydrogen-bond donors (Lipinski definition) is 1. The Morgan fingerprint density at radius 1 is 1.39 bits per heavy atom. The molecular weight excluding hydrogens is 222 g/mol. The fourth-order valence-corrected chi connectivity index (χ4v) is 2.79. The van der Waals surface area contributed by atoms with E-state index < -0.39 is 0 Å². The zero-order valence-electron chi connectivity index (χ0n) is 11.2. The van der Waals surface area contributed by atoms with Crippen molar-refractivity contribution in [3.63, 3.8) is 0 Å². The van der Waals surface area contributed by atoms with Crippen molar-refractivity contribution in [3.05, 3.63) is 35.4 Å². The molecule has 0 aromatic heterocycles. The Bertz CT molecular complexity index is 465. The fourth-order valence-electron chi connectivity index (χ4n) is 2.79. The summed E-state index contributed by atoms with van der Waals surface area (Å²) in [4.78, 5) is 4.67. The first-order valence-electron chi connectivity index (χ1n) is 6.80. The number of hydrogen-bond acceptors (Lipinski definition) is 2. The lowest BCUT2D eigenvalue weighted by Gasteiger charge is -2.29. The Hall–Kier alpha value is -1.35. The van der Waals surface area contributed by atoms with Crippen LogP contribution in [0.15, 0.2) is 24.3 Å². The van der Waals surface area contributed by atoms with Gasteiger partial charge in [0.2, 0.25) is 0 Å². The largest absolute Gasteiger partial charge is 0.351 e. The minimum atomic E-state index is 0.521. The molecule has 0 amide bonds. The summed E-state index contributed by atoms with van der Waals surface area (Å²) in [6.45, 7) is 4.13. The molecule has 1 aliphatic carbocycles. The molecular formula is C15H21N3. The molecule has 1 heterocycles. The smallest absolute Gasteiger partial charge is 0.128 e. The standard InChI is InChI=1S/C15H21N3/c1-11(17(2)13-7-8-13)9-18-10-12-5-3-4-6-14(12)15(18)16/h3-6,11,13,16H,7-10H2,1-2H3. The van der Waals surface area contributed by atoms with Gasteiger partial charge in [0.05, 0.1) is 0 Å². The van der Waals surface area contributed by atoms with Crippen LogP contribution in [0.2, 0.25) is 0 Å². The van der Waals surface area contributed by atoms with Gasteiger partial charge in [0.25, 0.3) is 0 Å². The SMILES string of the molecule is CC(CN1Cc2ccccc2C1=N)N(C)C1CC1. The highest BCUT2D eigenvalue weighted by atomic mass is 15.3. The molecule has 1 N–H and O–H groups in total. The van der Waals surface area contributed by atoms with E-state index in [0.717, 1.165) is 24.7 Å². The summed E-state index contributed by atoms with van der Waals surface area (Å²) in [5.74, 6) is 0.696. The Morgan fingerprint density at radius 3 is 2.78 bits per heavy atom. The molecule has 1 atom stereocenters. The van der Waals surface area contributed by atoms with Gasteiger partial charge in [-0.15, -0.1) is 0 Å². The van der Waals surface area contributed by atoms with Gasteiger partial charge in [0, 0.05) is 30.7 Å². The normalized spacial score (nSPS) is 20.4. The molecule has 96 valence electrons. The van der Waals surface area contributed by atoms with E-state index in [2.05, 4.69) is 42.0 Å². The van der Waals surface area contributed by atoms with Gasteiger partial charge in [0.15, 0.2) is 0 Å². The third-order valence-electron chi connectivity index (χ3n) is 4.25. The van der Waals surface area contributed by atoms with Gasteiger partial charge >= 0.3 is 0 Å². The first kappa shape index (κ1) is 11.7. The van der Waals surface area contributed by atoms with E-state index in [9.17, 15) is 0 Å². The topological polar surface area (TPSA) is 30.3 Å². The van der Waals surface area contributed by atoms with Crippen LogP contribution in [0.25, 0.3) is 0 Å². The van der Waals surface area contributed by atoms with Crippen LogP contribution in [-0.2, 0) is 6.54 Å². The number of amidine groups is 1. The summed E-state index contributed by atoms with van der Waals surface area (Å²) >= 11 is 0. The van der Waals surface area contributed by atoms with E-state index in [4.69, 9.17) is 5.41 Å². The van der Waals surface area contributed by atoms with Gasteiger partial charge in [-0.2, -0.15) is 0 Å². The zero-order valence-corrected chi connectivity index (χ0v) is 11.2. The molecule has 0 spiro atoms. The van der Waals surface area contributed by atoms with E-state index in [-0.39, 0.29) is 0 Å². The van der Waals surface area contributed by atoms with E-state index in [1.165, 1.54) is 18.4 Å². The Labute approximate surface area is 109 Å². The van der Waals surface area contributed by atoms with Gasteiger partial charge in [-0.3, -0.25) is 10.3 Å². The average Bonchev–Trinajstić information content (AvgIpc) is 3.17. The van der Waals surface area contributed by atoms with Gasteiger partial charge in [-0.1, -0.05) is 24.3 Å². The summed E-state index contributed by atoms with van der Waals surface area (Å²) in [6, 6.07) is 9.60. The third-order valence-corrected chi connectivity index (χ3v) is 4.25. The van der Waals surface area contributed by atoms with Crippen molar-refractivity contribution in [1.82, 2.24) is 9.80 Å². The molecule has 0 bridgehead atoms. The highest BCUT2D eigenvalue weighted by Crippen LogP contribution is 2.28. The summed E-state index contributed by atoms with van der Waals surface area (Å²) < 4.78 is 0. The minimum absolute atomic E-state index is 0.521. The summed E-state index contributed by atoms with van der Waals surface area (Å²) in [6.07, 6.45) is 2.69. The Morgan fingerprint density at radius 2 is 2.11 bits per heavy atom. The second-order valence-corrected chi connectivity index (χ2v) is 5.63. The number of nitrogens with zero attached hydrogens (tertiary/aromatic N) is 2. The highest BCUT2D eigenvalue weighted by molar-refractivity contribution is 6.00. The maximum Gasteiger partial charge on any atom is 0.128 e. The first-order chi connectivity index (χ1) is 8.66. The minimum Gasteiger partial charge on any atom is -0.351 e. The number of fused-ring (bicyclic) bond motifs is 1. The quantitative estimate of drug-likeness (QED) is 0.879. The summed E-state index contributed by atoms with van der Waals surface area (Å²) in [7, 11) is 2.22. The van der Waals surface area contributed by atoms with Crippen LogP contribution >= 0.6 is 0 Å². The second kappa shape index (κ2) is 4.39. The third kappa shape index (κ3) is 2.03. The van der Waals surface area contributed by atoms with Crippen molar-refractivity contribution in [1.29, 1.82) is 5.41 Å². The van der Waals surface area contributed by atoms with E-state index >= 15 is 0 Å². The maximum absolute atomic E-state index is 8.25. The van der Waals surface area contributed by atoms with Crippen molar-refractivity contribution in [2.24, 2.45) is 0 Å². The zero-order chi connectivity index (χ0) is 12.7. The van der Waals surface area contributed by atoms with Gasteiger partial charge in [-0.25, -0.2) is 0 Å². The second-order valence-electron chi connectivity index (χ2n) is 5.63. The van der Waals surface area contributed by atoms with Crippen molar-refractivity contribution >= 4 is 5.84 Å². The number of rotatable bonds is 4. The Kier molecular flexibility index (Phi) is 2.86. The monoisotopic (exact) mass is 243 g/mol. The van der Waals surface area contributed by atoms with Gasteiger partial charge in [0.1, 0.15) is 5.84 Å². The fraction of sp³-hybridized carbons (Fsp3) is 0.533. The molecule has 0 saturated heterocycles. The van der Waals surface area contributed by atoms with E-state index in [1.54, 1.807) is 0 Å². The van der Waals surface area contributed by atoms with Crippen LogP contribution < -0.4 is 0 Å². The molecule has 1 aromatic carbocycles. The number of benzene rings is 1. The van der Waals surface area contributed by atoms with Crippen LogP contribution in [0.3, 0.4) is 0 Å². The average molecular weight is 243 g/mol. The lowest BCUT2D eigenvalue weighted by molar-refractivity contribution is 0.207. The molecule has 1 fully saturated rings. The predicted octanol–water partition coefficient (Wildman–Crippen LogP) is 2.31. The molecule has 3 rings (SSSR count). The molecule has 1 unspecified atom stereocenters. The van der Waals surface area contributed by atoms with Crippen LogP contribution in [-0.4, -0.2) is 41.3 Å². The van der Waals surface area contributed by atoms with Crippen molar-refractivity contribution in [2.45, 2.75) is 38.4 Å². The molecule has 0 radical (unpaired) electrons. The van der Waals surface area contributed by atoms with Crippen LogP contribution in [0.5, 0.6) is 0 Å². The van der Waals surface area contributed by atoms with Crippen molar-refractivity contribution in [2.75, 3.05) is 13.6 Å². The first-order valence-corrected chi connectivity index (χ1v) is 6.80. The van der Waals surface area contributed by atoms with E-state index in [1.807, 2.05) is 6.07 Å². The lowest BCUT2D eigenvalue weighted by atomic mass is 10.1. The molecule has 1 saturated carbocycles. The molecule has 18 heavy (non-hydrogen) atoms. The molecule has 1 aromatic rings. The van der Waals surface area contributed by atoms with Crippen LogP contribution in [0.4, 0.5) is 0 Å². The van der Waals surface area contributed by atoms with E-state index in [0.29, 0.717) is 11.9 Å². The van der Waals surface area contributed by atoms with Crippen LogP contribution in [0, 0.1) is 5.41 Å². The number of likely N-dealkylation sites (N-methyl/N-ethyl adjacent to an activating group) is 1. The molecule has 3 heteroatoms. The Balaban J connectivity index is 1.67. The lowest BCUT2D eigenvalue weighted by Crippen LogP contribution is -2.41. The molecule has 2 aliphatic rings. The van der Waals surface area contributed by atoms with Crippen molar-refractivity contribution in [3.8, 4) is 0 Å². The molecule has 1 aliphatic heterocycles. The number of nitrogens with one attached hydrogen (secondary N) is 1. The van der Waals surface area contributed by atoms with Crippen LogP contribution in [0.1, 0.15) is 30.9 Å². The van der Waals surface area contributed by atoms with Crippen molar-refractivity contribution < 1.29 is 0 Å². The molecule has 3 nitrogen and oxygen atoms in total. The predicted molar refractivity (Wildman–Crippen MR) is 73.9 cm³/mol. The van der Waals surface area contributed by atoms with Gasteiger partial charge in [-0.05, 0) is 32.4 Å².